The summed E-state index contributed by atoms with van der Waals surface area (Å²) in [5, 5.41) is 0.972. The first kappa shape index (κ1) is 20.7. The minimum atomic E-state index is -0.973. The van der Waals surface area contributed by atoms with E-state index in [1.165, 1.54) is 0 Å². The van der Waals surface area contributed by atoms with Crippen molar-refractivity contribution in [2.24, 2.45) is 0 Å². The quantitative estimate of drug-likeness (QED) is 0.282. The van der Waals surface area contributed by atoms with Gasteiger partial charge in [-0.1, -0.05) is 84.9 Å². The largest absolute Gasteiger partial charge is 0.293 e. The number of hydrogen-bond donors (Lipinski definition) is 0. The molecule has 0 saturated carbocycles. The Hall–Kier alpha value is -2.01. The van der Waals surface area contributed by atoms with Crippen LogP contribution in [-0.2, 0) is 0 Å². The molecule has 0 atom stereocenters. The predicted molar refractivity (Wildman–Crippen MR) is 106 cm³/mol. The number of para-hydroxylation sites is 1. The van der Waals surface area contributed by atoms with E-state index in [2.05, 4.69) is 4.98 Å². The second-order valence-electron chi connectivity index (χ2n) is 6.32. The number of carbonyl (C=O) groups is 2. The van der Waals surface area contributed by atoms with Gasteiger partial charge in [-0.25, -0.2) is 0 Å². The molecule has 0 aliphatic heterocycles. The summed E-state index contributed by atoms with van der Waals surface area (Å²) in [6, 6.07) is 29.2. The van der Waals surface area contributed by atoms with E-state index >= 15 is 0 Å². The summed E-state index contributed by atoms with van der Waals surface area (Å²) >= 11 is 0. The Kier molecular flexibility index (Phi) is 7.00. The van der Waals surface area contributed by atoms with Crippen LogP contribution >= 0.6 is 0 Å². The van der Waals surface area contributed by atoms with E-state index in [1.807, 2.05) is 42.5 Å². The third-order valence-electron chi connectivity index (χ3n) is 4.56. The van der Waals surface area contributed by atoms with Gasteiger partial charge in [0.1, 0.15) is 5.92 Å². The van der Waals surface area contributed by atoms with Gasteiger partial charge in [-0.15, -0.1) is 0 Å². The fourth-order valence-corrected chi connectivity index (χ4v) is 3.17. The molecule has 1 heterocycles. The molecule has 0 bridgehead atoms. The SMILES string of the molecule is O=C(c1ccccc1)C(C(=O)c1ccccc1)c1ccc2ccccc2n1.[Eu]. The van der Waals surface area contributed by atoms with Crippen molar-refractivity contribution in [1.29, 1.82) is 0 Å². The number of rotatable bonds is 5. The molecule has 0 N–H and O–H groups in total. The zero-order valence-electron chi connectivity index (χ0n) is 15.0. The number of fused-ring (bicyclic) bond motifs is 1. The molecule has 0 aliphatic carbocycles. The first-order valence-electron chi connectivity index (χ1n) is 8.78. The van der Waals surface area contributed by atoms with E-state index in [-0.39, 0.29) is 60.9 Å². The number of benzene rings is 3. The minimum Gasteiger partial charge on any atom is -0.293 e. The fourth-order valence-electron chi connectivity index (χ4n) is 3.17. The van der Waals surface area contributed by atoms with Crippen LogP contribution in [-0.4, -0.2) is 16.6 Å². The zero-order chi connectivity index (χ0) is 18.6. The van der Waals surface area contributed by atoms with Crippen molar-refractivity contribution in [3.8, 4) is 0 Å². The van der Waals surface area contributed by atoms with Gasteiger partial charge in [-0.05, 0) is 12.1 Å². The normalized spacial score (nSPS) is 10.5. The van der Waals surface area contributed by atoms with Gasteiger partial charge in [-0.2, -0.15) is 0 Å². The van der Waals surface area contributed by atoms with Gasteiger partial charge in [0.05, 0.1) is 11.2 Å². The topological polar surface area (TPSA) is 47.0 Å². The molecule has 28 heavy (non-hydrogen) atoms. The number of carbonyl (C=O) groups excluding carboxylic acids is 2. The van der Waals surface area contributed by atoms with Crippen LogP contribution < -0.4 is 0 Å². The third kappa shape index (κ3) is 4.35. The van der Waals surface area contributed by atoms with Gasteiger partial charge < -0.3 is 0 Å². The van der Waals surface area contributed by atoms with Gasteiger partial charge in [0.25, 0.3) is 0 Å². The standard InChI is InChI=1S/C24H17NO2.Eu/c26-23(18-10-3-1-4-11-18)22(24(27)19-12-5-2-6-13-19)21-16-15-17-9-7-8-14-20(17)25-21;/h1-16,22H;. The Balaban J connectivity index is 0.00000225. The van der Waals surface area contributed by atoms with E-state index in [0.717, 1.165) is 10.9 Å². The number of ketones is 2. The van der Waals surface area contributed by atoms with Crippen molar-refractivity contribution in [3.63, 3.8) is 0 Å². The summed E-state index contributed by atoms with van der Waals surface area (Å²) in [5.41, 5.74) is 2.24. The van der Waals surface area contributed by atoms with Gasteiger partial charge in [-0.3, -0.25) is 14.6 Å². The molecule has 3 aromatic carbocycles. The predicted octanol–water partition coefficient (Wildman–Crippen LogP) is 5.08. The van der Waals surface area contributed by atoms with Crippen LogP contribution in [0.25, 0.3) is 10.9 Å². The Morgan fingerprint density at radius 3 is 1.68 bits per heavy atom. The molecular weight excluding hydrogens is 486 g/mol. The summed E-state index contributed by atoms with van der Waals surface area (Å²) in [7, 11) is 0. The number of nitrogens with zero attached hydrogens (tertiary/aromatic N) is 1. The second-order valence-corrected chi connectivity index (χ2v) is 6.32. The zero-order valence-corrected chi connectivity index (χ0v) is 17.4. The molecule has 0 aliphatic rings. The van der Waals surface area contributed by atoms with Crippen LogP contribution in [0, 0.1) is 49.4 Å². The first-order chi connectivity index (χ1) is 13.2. The Morgan fingerprint density at radius 2 is 1.11 bits per heavy atom. The molecule has 3 nitrogen and oxygen atoms in total. The summed E-state index contributed by atoms with van der Waals surface area (Å²) in [5.74, 6) is -1.46. The Labute approximate surface area is 204 Å². The Morgan fingerprint density at radius 1 is 0.607 bits per heavy atom. The molecular formula is C24H17EuNO2. The number of aromatic nitrogens is 1. The molecule has 0 unspecified atom stereocenters. The van der Waals surface area contributed by atoms with Crippen molar-refractivity contribution in [1.82, 2.24) is 4.98 Å². The van der Waals surface area contributed by atoms with E-state index in [9.17, 15) is 9.59 Å². The van der Waals surface area contributed by atoms with Crippen molar-refractivity contribution >= 4 is 22.5 Å². The van der Waals surface area contributed by atoms with Crippen LogP contribution in [0.3, 0.4) is 0 Å². The minimum absolute atomic E-state index is 0. The molecule has 1 radical (unpaired) electrons. The average molecular weight is 503 g/mol. The first-order valence-corrected chi connectivity index (χ1v) is 8.78. The maximum absolute atomic E-state index is 13.2. The molecule has 0 amide bonds. The maximum Gasteiger partial charge on any atom is 0.179 e. The second kappa shape index (κ2) is 9.46. The van der Waals surface area contributed by atoms with E-state index in [4.69, 9.17) is 0 Å². The Bertz CT molecular complexity index is 1060. The summed E-state index contributed by atoms with van der Waals surface area (Å²) in [4.78, 5) is 31.1. The molecule has 0 saturated heterocycles. The molecule has 137 valence electrons. The maximum atomic E-state index is 13.2. The van der Waals surface area contributed by atoms with Crippen molar-refractivity contribution in [2.45, 2.75) is 5.92 Å². The van der Waals surface area contributed by atoms with Crippen LogP contribution in [0.1, 0.15) is 32.3 Å². The number of hydrogen-bond acceptors (Lipinski definition) is 3. The van der Waals surface area contributed by atoms with E-state index < -0.39 is 5.92 Å². The van der Waals surface area contributed by atoms with Crippen molar-refractivity contribution in [3.05, 3.63) is 114 Å². The van der Waals surface area contributed by atoms with Crippen LogP contribution in [0.5, 0.6) is 0 Å². The van der Waals surface area contributed by atoms with E-state index in [0.29, 0.717) is 16.8 Å². The summed E-state index contributed by atoms with van der Waals surface area (Å²) < 4.78 is 0. The number of pyridine rings is 1. The summed E-state index contributed by atoms with van der Waals surface area (Å²) in [6.07, 6.45) is 0. The third-order valence-corrected chi connectivity index (χ3v) is 4.56. The molecule has 0 fully saturated rings. The smallest absolute Gasteiger partial charge is 0.179 e. The molecule has 0 spiro atoms. The van der Waals surface area contributed by atoms with Gasteiger partial charge >= 0.3 is 0 Å². The van der Waals surface area contributed by atoms with Crippen LogP contribution in [0.2, 0.25) is 0 Å². The molecule has 4 heteroatoms. The molecule has 4 aromatic rings. The number of Topliss-reactive ketones (excluding diaryl/α,β-unsaturated/α-hetero) is 2. The average Bonchev–Trinajstić information content (AvgIpc) is 2.75. The fraction of sp³-hybridized carbons (Fsp3) is 0.0417. The molecule has 1 aromatic heterocycles. The van der Waals surface area contributed by atoms with Crippen molar-refractivity contribution < 1.29 is 59.0 Å². The van der Waals surface area contributed by atoms with Crippen LogP contribution in [0.15, 0.2) is 97.1 Å². The van der Waals surface area contributed by atoms with Gasteiger partial charge in [0.15, 0.2) is 11.6 Å². The molecule has 4 rings (SSSR count). The monoisotopic (exact) mass is 504 g/mol. The van der Waals surface area contributed by atoms with E-state index in [1.54, 1.807) is 54.6 Å². The van der Waals surface area contributed by atoms with Crippen LogP contribution in [0.4, 0.5) is 0 Å². The van der Waals surface area contributed by atoms with Gasteiger partial charge in [0, 0.05) is 65.9 Å². The van der Waals surface area contributed by atoms with Crippen molar-refractivity contribution in [2.75, 3.05) is 0 Å². The van der Waals surface area contributed by atoms with Gasteiger partial charge in [0.2, 0.25) is 0 Å². The summed E-state index contributed by atoms with van der Waals surface area (Å²) in [6.45, 7) is 0.